The van der Waals surface area contributed by atoms with E-state index >= 15 is 0 Å². The molecule has 5 aromatic rings. The predicted octanol–water partition coefficient (Wildman–Crippen LogP) is 4.23. The molecule has 2 aromatic carbocycles. The summed E-state index contributed by atoms with van der Waals surface area (Å²) in [4.78, 5) is 32.3. The van der Waals surface area contributed by atoms with Gasteiger partial charge in [0.1, 0.15) is 17.0 Å². The van der Waals surface area contributed by atoms with Gasteiger partial charge in [-0.1, -0.05) is 24.3 Å². The molecule has 2 N–H and O–H groups in total. The van der Waals surface area contributed by atoms with Gasteiger partial charge in [0, 0.05) is 6.07 Å². The van der Waals surface area contributed by atoms with Gasteiger partial charge in [-0.2, -0.15) is 5.10 Å². The minimum Gasteiger partial charge on any atom is -0.439 e. The van der Waals surface area contributed by atoms with Crippen molar-refractivity contribution in [3.8, 4) is 11.6 Å². The van der Waals surface area contributed by atoms with Gasteiger partial charge in [-0.15, -0.1) is 0 Å². The van der Waals surface area contributed by atoms with Crippen LogP contribution in [0.25, 0.3) is 16.6 Å². The van der Waals surface area contributed by atoms with Gasteiger partial charge in [-0.05, 0) is 49.2 Å². The molecule has 0 unspecified atom stereocenters. The zero-order valence-electron chi connectivity index (χ0n) is 17.4. The number of hydrogen-bond acceptors (Lipinski definition) is 5. The number of hydrogen-bond donors (Lipinski definition) is 2. The Morgan fingerprint density at radius 1 is 1.03 bits per heavy atom. The number of aromatic amines is 1. The molecular formula is C24H19N5O3. The lowest BCUT2D eigenvalue weighted by molar-refractivity contribution is 0.102. The number of H-pyrrole nitrogens is 1. The van der Waals surface area contributed by atoms with Crippen molar-refractivity contribution < 1.29 is 9.53 Å². The van der Waals surface area contributed by atoms with E-state index in [9.17, 15) is 9.59 Å². The molecule has 158 valence electrons. The predicted molar refractivity (Wildman–Crippen MR) is 121 cm³/mol. The van der Waals surface area contributed by atoms with Gasteiger partial charge in [-0.25, -0.2) is 9.50 Å². The number of carbonyl (C=O) groups excluding carboxylic acids is 1. The number of carbonyl (C=O) groups is 1. The van der Waals surface area contributed by atoms with E-state index in [1.807, 2.05) is 38.1 Å². The van der Waals surface area contributed by atoms with Gasteiger partial charge in [0.15, 0.2) is 0 Å². The molecule has 5 rings (SSSR count). The van der Waals surface area contributed by atoms with E-state index in [4.69, 9.17) is 4.74 Å². The van der Waals surface area contributed by atoms with Crippen LogP contribution in [0.4, 0.5) is 5.69 Å². The number of aromatic nitrogens is 4. The summed E-state index contributed by atoms with van der Waals surface area (Å²) in [5.74, 6) is 0.747. The Balaban J connectivity index is 1.39. The van der Waals surface area contributed by atoms with Crippen LogP contribution in [0.3, 0.4) is 0 Å². The van der Waals surface area contributed by atoms with Gasteiger partial charge in [0.05, 0.1) is 29.0 Å². The molecule has 8 nitrogen and oxygen atoms in total. The van der Waals surface area contributed by atoms with Gasteiger partial charge >= 0.3 is 0 Å². The van der Waals surface area contributed by atoms with E-state index in [0.29, 0.717) is 28.1 Å². The van der Waals surface area contributed by atoms with Crippen LogP contribution in [0.5, 0.6) is 11.6 Å². The number of rotatable bonds is 4. The fourth-order valence-electron chi connectivity index (χ4n) is 3.50. The van der Waals surface area contributed by atoms with Crippen molar-refractivity contribution in [1.29, 1.82) is 0 Å². The number of anilines is 1. The molecule has 8 heteroatoms. The third-order valence-electron chi connectivity index (χ3n) is 5.39. The Morgan fingerprint density at radius 2 is 1.88 bits per heavy atom. The fourth-order valence-corrected chi connectivity index (χ4v) is 3.50. The second kappa shape index (κ2) is 7.66. The summed E-state index contributed by atoms with van der Waals surface area (Å²) < 4.78 is 7.40. The summed E-state index contributed by atoms with van der Waals surface area (Å²) in [6, 6.07) is 16.3. The number of pyridine rings is 1. The van der Waals surface area contributed by atoms with E-state index in [1.165, 1.54) is 12.4 Å². The Hall–Kier alpha value is -4.46. The number of amides is 1. The Morgan fingerprint density at radius 3 is 2.69 bits per heavy atom. The zero-order valence-corrected chi connectivity index (χ0v) is 17.4. The first-order chi connectivity index (χ1) is 15.5. The highest BCUT2D eigenvalue weighted by Crippen LogP contribution is 2.26. The number of nitrogens with one attached hydrogen (secondary N) is 2. The maximum atomic E-state index is 12.8. The van der Waals surface area contributed by atoms with Crippen molar-refractivity contribution in [1.82, 2.24) is 19.6 Å². The summed E-state index contributed by atoms with van der Waals surface area (Å²) in [6.45, 7) is 4.01. The molecular weight excluding hydrogens is 406 g/mol. The third-order valence-corrected chi connectivity index (χ3v) is 5.39. The van der Waals surface area contributed by atoms with Gasteiger partial charge in [0.25, 0.3) is 11.5 Å². The molecule has 3 heterocycles. The first kappa shape index (κ1) is 19.5. The van der Waals surface area contributed by atoms with Crippen LogP contribution in [0.15, 0.2) is 71.8 Å². The van der Waals surface area contributed by atoms with Crippen LogP contribution in [0.2, 0.25) is 0 Å². The number of para-hydroxylation sites is 1. The minimum absolute atomic E-state index is 0.253. The van der Waals surface area contributed by atoms with Gasteiger partial charge in [-0.3, -0.25) is 9.59 Å². The Labute approximate surface area is 182 Å². The lowest BCUT2D eigenvalue weighted by atomic mass is 10.1. The highest BCUT2D eigenvalue weighted by molar-refractivity contribution is 6.08. The SMILES string of the molecule is Cc1cccc(Oc2ccc(NC(=O)c3cnn4c3[nH]c(=O)c3ccccc34)cn2)c1C. The molecule has 0 radical (unpaired) electrons. The summed E-state index contributed by atoms with van der Waals surface area (Å²) in [5, 5.41) is 7.56. The highest BCUT2D eigenvalue weighted by Gasteiger charge is 2.16. The highest BCUT2D eigenvalue weighted by atomic mass is 16.5. The van der Waals surface area contributed by atoms with Crippen LogP contribution in [-0.2, 0) is 0 Å². The topological polar surface area (TPSA) is 101 Å². The smallest absolute Gasteiger partial charge is 0.261 e. The van der Waals surface area contributed by atoms with Crippen molar-refractivity contribution in [3.63, 3.8) is 0 Å². The summed E-state index contributed by atoms with van der Waals surface area (Å²) >= 11 is 0. The van der Waals surface area contributed by atoms with Gasteiger partial charge < -0.3 is 15.0 Å². The average Bonchev–Trinajstić information content (AvgIpc) is 3.22. The quantitative estimate of drug-likeness (QED) is 0.449. The summed E-state index contributed by atoms with van der Waals surface area (Å²) in [7, 11) is 0. The Bertz CT molecular complexity index is 1530. The number of benzene rings is 2. The molecule has 0 fully saturated rings. The van der Waals surface area contributed by atoms with Crippen molar-refractivity contribution in [2.75, 3.05) is 5.32 Å². The molecule has 0 saturated carbocycles. The van der Waals surface area contributed by atoms with Crippen LogP contribution >= 0.6 is 0 Å². The number of nitrogens with zero attached hydrogens (tertiary/aromatic N) is 3. The first-order valence-corrected chi connectivity index (χ1v) is 10.0. The van der Waals surface area contributed by atoms with E-state index in [0.717, 1.165) is 16.9 Å². The second-order valence-corrected chi connectivity index (χ2v) is 7.43. The Kier molecular flexibility index (Phi) is 4.67. The molecule has 1 amide bonds. The lowest BCUT2D eigenvalue weighted by Gasteiger charge is -2.10. The van der Waals surface area contributed by atoms with E-state index in [1.54, 1.807) is 34.8 Å². The molecule has 0 atom stereocenters. The van der Waals surface area contributed by atoms with E-state index in [2.05, 4.69) is 20.4 Å². The first-order valence-electron chi connectivity index (χ1n) is 10.0. The normalized spacial score (nSPS) is 11.1. The number of ether oxygens (including phenoxy) is 1. The molecule has 32 heavy (non-hydrogen) atoms. The molecule has 0 aliphatic rings. The maximum Gasteiger partial charge on any atom is 0.261 e. The number of fused-ring (bicyclic) bond motifs is 3. The van der Waals surface area contributed by atoms with Crippen molar-refractivity contribution in [3.05, 3.63) is 94.0 Å². The summed E-state index contributed by atoms with van der Waals surface area (Å²) in [5.41, 5.74) is 3.59. The minimum atomic E-state index is -0.407. The standard InChI is InChI=1S/C24H19N5O3/c1-14-6-5-9-20(15(14)2)32-21-11-10-16(12-25-21)27-24(31)18-13-26-29-19-8-4-3-7-17(19)23(30)28-22(18)29/h3-13H,1-2H3,(H,27,31)(H,28,30). The second-order valence-electron chi connectivity index (χ2n) is 7.43. The molecule has 0 bridgehead atoms. The van der Waals surface area contributed by atoms with Crippen molar-refractivity contribution in [2.45, 2.75) is 13.8 Å². The van der Waals surface area contributed by atoms with Crippen molar-refractivity contribution in [2.24, 2.45) is 0 Å². The number of aryl methyl sites for hydroxylation is 1. The summed E-state index contributed by atoms with van der Waals surface area (Å²) in [6.07, 6.45) is 2.95. The molecule has 3 aromatic heterocycles. The maximum absolute atomic E-state index is 12.8. The van der Waals surface area contributed by atoms with Gasteiger partial charge in [0.2, 0.25) is 5.88 Å². The molecule has 0 aliphatic carbocycles. The average molecular weight is 425 g/mol. The largest absolute Gasteiger partial charge is 0.439 e. The van der Waals surface area contributed by atoms with E-state index in [-0.39, 0.29) is 11.1 Å². The molecule has 0 saturated heterocycles. The van der Waals surface area contributed by atoms with E-state index < -0.39 is 5.91 Å². The van der Waals surface area contributed by atoms with Crippen LogP contribution in [0.1, 0.15) is 21.5 Å². The zero-order chi connectivity index (χ0) is 22.2. The molecule has 0 aliphatic heterocycles. The van der Waals surface area contributed by atoms with Crippen LogP contribution in [0, 0.1) is 13.8 Å². The lowest BCUT2D eigenvalue weighted by Crippen LogP contribution is -2.15. The third kappa shape index (κ3) is 3.37. The monoisotopic (exact) mass is 425 g/mol. The van der Waals surface area contributed by atoms with Crippen molar-refractivity contribution >= 4 is 28.1 Å². The molecule has 0 spiro atoms. The van der Waals surface area contributed by atoms with Crippen LogP contribution in [-0.4, -0.2) is 25.5 Å². The van der Waals surface area contributed by atoms with Crippen LogP contribution < -0.4 is 15.6 Å². The fraction of sp³-hybridized carbons (Fsp3) is 0.0833.